The molecule has 0 unspecified atom stereocenters. The minimum absolute atomic E-state index is 0.0683. The molecule has 0 radical (unpaired) electrons. The van der Waals surface area contributed by atoms with Crippen LogP contribution in [-0.4, -0.2) is 35.1 Å². The number of rotatable bonds is 6. The minimum Gasteiger partial charge on any atom is -0.462 e. The number of nitrogens with two attached hydrogens (primary N) is 1. The second-order valence-electron chi connectivity index (χ2n) is 3.61. The van der Waals surface area contributed by atoms with Crippen LogP contribution in [-0.2, 0) is 20.8 Å². The van der Waals surface area contributed by atoms with Crippen LogP contribution in [0.2, 0.25) is 0 Å². The molecular weight excluding hydrogens is 210 g/mol. The van der Waals surface area contributed by atoms with E-state index in [-0.39, 0.29) is 25.2 Å². The zero-order valence-corrected chi connectivity index (χ0v) is 9.55. The van der Waals surface area contributed by atoms with Crippen molar-refractivity contribution in [2.45, 2.75) is 26.5 Å². The van der Waals surface area contributed by atoms with Crippen molar-refractivity contribution in [2.75, 3.05) is 18.9 Å². The van der Waals surface area contributed by atoms with E-state index in [1.807, 2.05) is 13.8 Å². The zero-order valence-electron chi connectivity index (χ0n) is 9.55. The number of hydrogen-bond acceptors (Lipinski definition) is 5. The summed E-state index contributed by atoms with van der Waals surface area (Å²) in [6, 6.07) is 0. The number of hydrogen-bond donors (Lipinski definition) is 1. The van der Waals surface area contributed by atoms with Crippen LogP contribution in [0, 0.1) is 0 Å². The number of carbonyl (C=O) groups is 1. The van der Waals surface area contributed by atoms with Crippen molar-refractivity contribution >= 4 is 11.7 Å². The normalized spacial score (nSPS) is 10.7. The molecule has 0 fully saturated rings. The Balaban J connectivity index is 2.16. The van der Waals surface area contributed by atoms with Gasteiger partial charge in [0, 0.05) is 6.20 Å². The van der Waals surface area contributed by atoms with Gasteiger partial charge in [-0.3, -0.25) is 9.48 Å². The van der Waals surface area contributed by atoms with Crippen molar-refractivity contribution in [3.63, 3.8) is 0 Å². The molecule has 16 heavy (non-hydrogen) atoms. The van der Waals surface area contributed by atoms with Crippen LogP contribution in [0.5, 0.6) is 0 Å². The van der Waals surface area contributed by atoms with Gasteiger partial charge in [-0.15, -0.1) is 0 Å². The molecular formula is C10H17N3O3. The Morgan fingerprint density at radius 2 is 2.31 bits per heavy atom. The minimum atomic E-state index is -0.351. The van der Waals surface area contributed by atoms with Crippen molar-refractivity contribution < 1.29 is 14.3 Å². The molecule has 1 aromatic rings. The van der Waals surface area contributed by atoms with Crippen LogP contribution in [0.4, 0.5) is 5.69 Å². The summed E-state index contributed by atoms with van der Waals surface area (Å²) in [6.45, 7) is 4.58. The number of nitrogens with zero attached hydrogens (tertiary/aromatic N) is 2. The van der Waals surface area contributed by atoms with Crippen molar-refractivity contribution in [2.24, 2.45) is 0 Å². The summed E-state index contributed by atoms with van der Waals surface area (Å²) in [6.07, 6.45) is 3.20. The summed E-state index contributed by atoms with van der Waals surface area (Å²) >= 11 is 0. The maximum Gasteiger partial charge on any atom is 0.327 e. The summed E-state index contributed by atoms with van der Waals surface area (Å²) in [5, 5.41) is 3.87. The summed E-state index contributed by atoms with van der Waals surface area (Å²) in [7, 11) is 0. The molecule has 90 valence electrons. The lowest BCUT2D eigenvalue weighted by Gasteiger charge is -2.08. The molecule has 0 bridgehead atoms. The van der Waals surface area contributed by atoms with Crippen molar-refractivity contribution in [1.29, 1.82) is 0 Å². The molecule has 6 heteroatoms. The first-order chi connectivity index (χ1) is 7.58. The number of carbonyl (C=O) groups excluding carboxylic acids is 1. The number of ether oxygens (including phenoxy) is 2. The lowest BCUT2D eigenvalue weighted by atomic mass is 10.5. The quantitative estimate of drug-likeness (QED) is 0.563. The molecule has 1 rings (SSSR count). The molecule has 0 aliphatic heterocycles. The molecule has 0 aliphatic rings. The van der Waals surface area contributed by atoms with E-state index in [2.05, 4.69) is 5.10 Å². The number of anilines is 1. The van der Waals surface area contributed by atoms with Crippen LogP contribution >= 0.6 is 0 Å². The van der Waals surface area contributed by atoms with Gasteiger partial charge in [-0.25, -0.2) is 0 Å². The standard InChI is InChI=1S/C10H17N3O3/c1-8(2)15-3-4-16-10(14)7-13-6-9(11)5-12-13/h5-6,8H,3-4,7,11H2,1-2H3. The van der Waals surface area contributed by atoms with E-state index in [4.69, 9.17) is 15.2 Å². The highest BCUT2D eigenvalue weighted by molar-refractivity contribution is 5.69. The van der Waals surface area contributed by atoms with Crippen molar-refractivity contribution in [3.8, 4) is 0 Å². The van der Waals surface area contributed by atoms with Crippen LogP contribution in [0.25, 0.3) is 0 Å². The van der Waals surface area contributed by atoms with E-state index in [9.17, 15) is 4.79 Å². The van der Waals surface area contributed by atoms with Crippen LogP contribution < -0.4 is 5.73 Å². The number of esters is 1. The number of nitrogen functional groups attached to an aromatic ring is 1. The Kier molecular flexibility index (Phi) is 4.78. The van der Waals surface area contributed by atoms with Gasteiger partial charge in [0.15, 0.2) is 0 Å². The Bertz CT molecular complexity index is 336. The second kappa shape index (κ2) is 6.12. The SMILES string of the molecule is CC(C)OCCOC(=O)Cn1cc(N)cn1. The fourth-order valence-corrected chi connectivity index (χ4v) is 1.08. The average Bonchev–Trinajstić information content (AvgIpc) is 2.58. The third-order valence-corrected chi connectivity index (χ3v) is 1.74. The maximum atomic E-state index is 11.3. The van der Waals surface area contributed by atoms with Gasteiger partial charge < -0.3 is 15.2 Å². The molecule has 6 nitrogen and oxygen atoms in total. The van der Waals surface area contributed by atoms with E-state index in [1.165, 1.54) is 10.9 Å². The van der Waals surface area contributed by atoms with Gasteiger partial charge in [0.2, 0.25) is 0 Å². The lowest BCUT2D eigenvalue weighted by Crippen LogP contribution is -2.17. The maximum absolute atomic E-state index is 11.3. The van der Waals surface area contributed by atoms with E-state index in [0.29, 0.717) is 12.3 Å². The predicted octanol–water partition coefficient (Wildman–Crippen LogP) is 0.433. The third-order valence-electron chi connectivity index (χ3n) is 1.74. The molecule has 0 amide bonds. The fraction of sp³-hybridized carbons (Fsp3) is 0.600. The predicted molar refractivity (Wildman–Crippen MR) is 58.7 cm³/mol. The Morgan fingerprint density at radius 1 is 1.56 bits per heavy atom. The first-order valence-corrected chi connectivity index (χ1v) is 5.13. The Labute approximate surface area is 94.3 Å². The monoisotopic (exact) mass is 227 g/mol. The van der Waals surface area contributed by atoms with E-state index in [1.54, 1.807) is 6.20 Å². The third kappa shape index (κ3) is 4.79. The topological polar surface area (TPSA) is 79.4 Å². The van der Waals surface area contributed by atoms with Gasteiger partial charge in [0.05, 0.1) is 24.6 Å². The highest BCUT2D eigenvalue weighted by Crippen LogP contribution is 1.98. The van der Waals surface area contributed by atoms with Crippen LogP contribution in [0.3, 0.4) is 0 Å². The van der Waals surface area contributed by atoms with Gasteiger partial charge in [-0.05, 0) is 13.8 Å². The van der Waals surface area contributed by atoms with E-state index >= 15 is 0 Å². The average molecular weight is 227 g/mol. The van der Waals surface area contributed by atoms with Crippen molar-refractivity contribution in [1.82, 2.24) is 9.78 Å². The molecule has 0 aromatic carbocycles. The molecule has 0 spiro atoms. The second-order valence-corrected chi connectivity index (χ2v) is 3.61. The molecule has 0 atom stereocenters. The van der Waals surface area contributed by atoms with Gasteiger partial charge in [-0.1, -0.05) is 0 Å². The van der Waals surface area contributed by atoms with Gasteiger partial charge in [0.25, 0.3) is 0 Å². The number of aromatic nitrogens is 2. The van der Waals surface area contributed by atoms with Crippen LogP contribution in [0.1, 0.15) is 13.8 Å². The molecule has 0 saturated carbocycles. The first kappa shape index (κ1) is 12.5. The molecule has 1 heterocycles. The Hall–Kier alpha value is -1.56. The van der Waals surface area contributed by atoms with E-state index < -0.39 is 0 Å². The summed E-state index contributed by atoms with van der Waals surface area (Å²) in [5.41, 5.74) is 5.98. The van der Waals surface area contributed by atoms with Crippen molar-refractivity contribution in [3.05, 3.63) is 12.4 Å². The van der Waals surface area contributed by atoms with Gasteiger partial charge in [-0.2, -0.15) is 5.10 Å². The largest absolute Gasteiger partial charge is 0.462 e. The van der Waals surface area contributed by atoms with Gasteiger partial charge in [0.1, 0.15) is 13.2 Å². The highest BCUT2D eigenvalue weighted by atomic mass is 16.6. The van der Waals surface area contributed by atoms with Crippen LogP contribution in [0.15, 0.2) is 12.4 Å². The first-order valence-electron chi connectivity index (χ1n) is 5.13. The molecule has 0 aliphatic carbocycles. The zero-order chi connectivity index (χ0) is 12.0. The highest BCUT2D eigenvalue weighted by Gasteiger charge is 2.05. The molecule has 1 aromatic heterocycles. The Morgan fingerprint density at radius 3 is 2.88 bits per heavy atom. The summed E-state index contributed by atoms with van der Waals surface area (Å²) < 4.78 is 11.6. The summed E-state index contributed by atoms with van der Waals surface area (Å²) in [4.78, 5) is 11.3. The lowest BCUT2D eigenvalue weighted by molar-refractivity contribution is -0.146. The molecule has 0 saturated heterocycles. The summed E-state index contributed by atoms with van der Waals surface area (Å²) in [5.74, 6) is -0.351. The molecule has 2 N–H and O–H groups in total. The smallest absolute Gasteiger partial charge is 0.327 e. The van der Waals surface area contributed by atoms with Gasteiger partial charge >= 0.3 is 5.97 Å². The van der Waals surface area contributed by atoms with E-state index in [0.717, 1.165) is 0 Å². The fourth-order valence-electron chi connectivity index (χ4n) is 1.08.